The van der Waals surface area contributed by atoms with E-state index >= 15 is 0 Å². The van der Waals surface area contributed by atoms with Gasteiger partial charge in [0.2, 0.25) is 0 Å². The van der Waals surface area contributed by atoms with Crippen molar-refractivity contribution in [3.63, 3.8) is 0 Å². The van der Waals surface area contributed by atoms with E-state index < -0.39 is 0 Å². The first-order valence-electron chi connectivity index (χ1n) is 3.72. The molecule has 1 aromatic rings. The fourth-order valence-electron chi connectivity index (χ4n) is 0.909. The second kappa shape index (κ2) is 5.29. The summed E-state index contributed by atoms with van der Waals surface area (Å²) in [4.78, 5) is 0. The van der Waals surface area contributed by atoms with Crippen LogP contribution in [0.3, 0.4) is 0 Å². The third kappa shape index (κ3) is 3.04. The number of benzene rings is 1. The molecule has 68 valence electrons. The van der Waals surface area contributed by atoms with Crippen LogP contribution in [0.1, 0.15) is 11.1 Å². The Balaban J connectivity index is 2.99. The van der Waals surface area contributed by atoms with Crippen molar-refractivity contribution in [2.24, 2.45) is 0 Å². The summed E-state index contributed by atoms with van der Waals surface area (Å²) < 4.78 is 0.895. The molecule has 13 heavy (non-hydrogen) atoms. The van der Waals surface area contributed by atoms with Crippen LogP contribution in [0.25, 0.3) is 0 Å². The maximum absolute atomic E-state index is 8.96. The van der Waals surface area contributed by atoms with Crippen LogP contribution >= 0.6 is 27.5 Å². The van der Waals surface area contributed by atoms with Crippen LogP contribution in [0.2, 0.25) is 0 Å². The van der Waals surface area contributed by atoms with Gasteiger partial charge >= 0.3 is 0 Å². The molecule has 0 spiro atoms. The number of aliphatic hydroxyl groups is 1. The zero-order valence-corrected chi connectivity index (χ0v) is 9.19. The summed E-state index contributed by atoms with van der Waals surface area (Å²) in [6.45, 7) is 0.0109. The highest BCUT2D eigenvalue weighted by molar-refractivity contribution is 9.10. The number of halogens is 2. The summed E-state index contributed by atoms with van der Waals surface area (Å²) in [5.41, 5.74) is 1.70. The minimum Gasteiger partial charge on any atom is -0.392 e. The highest BCUT2D eigenvalue weighted by atomic mass is 79.9. The topological polar surface area (TPSA) is 20.2 Å². The SMILES string of the molecule is OCc1cc(C#CCCl)ccc1Br. The first kappa shape index (κ1) is 10.6. The monoisotopic (exact) mass is 258 g/mol. The molecule has 0 amide bonds. The van der Waals surface area contributed by atoms with E-state index in [1.165, 1.54) is 0 Å². The normalized spacial score (nSPS) is 9.15. The Bertz CT molecular complexity index is 352. The average Bonchev–Trinajstić information content (AvgIpc) is 2.16. The van der Waals surface area contributed by atoms with Crippen LogP contribution in [-0.2, 0) is 6.61 Å². The van der Waals surface area contributed by atoms with Crippen LogP contribution in [0.15, 0.2) is 22.7 Å². The minimum atomic E-state index is 0.0109. The van der Waals surface area contributed by atoms with E-state index in [1.807, 2.05) is 18.2 Å². The molecule has 0 aliphatic carbocycles. The quantitative estimate of drug-likeness (QED) is 0.607. The zero-order chi connectivity index (χ0) is 9.68. The van der Waals surface area contributed by atoms with Crippen molar-refractivity contribution >= 4 is 27.5 Å². The van der Waals surface area contributed by atoms with Gasteiger partial charge in [-0.3, -0.25) is 0 Å². The van der Waals surface area contributed by atoms with Gasteiger partial charge in [-0.15, -0.1) is 11.6 Å². The van der Waals surface area contributed by atoms with Crippen molar-refractivity contribution in [1.82, 2.24) is 0 Å². The van der Waals surface area contributed by atoms with Gasteiger partial charge in [-0.05, 0) is 23.8 Å². The molecule has 1 rings (SSSR count). The van der Waals surface area contributed by atoms with Crippen molar-refractivity contribution in [3.05, 3.63) is 33.8 Å². The molecule has 0 atom stereocenters. The minimum absolute atomic E-state index is 0.0109. The Morgan fingerprint density at radius 3 is 2.85 bits per heavy atom. The zero-order valence-electron chi connectivity index (χ0n) is 6.85. The Morgan fingerprint density at radius 1 is 1.46 bits per heavy atom. The molecule has 1 nitrogen and oxygen atoms in total. The largest absolute Gasteiger partial charge is 0.392 e. The fourth-order valence-corrected chi connectivity index (χ4v) is 1.35. The maximum atomic E-state index is 8.96. The molecule has 0 saturated heterocycles. The maximum Gasteiger partial charge on any atom is 0.0839 e. The van der Waals surface area contributed by atoms with Gasteiger partial charge in [0.25, 0.3) is 0 Å². The molecule has 1 N–H and O–H groups in total. The molecule has 0 radical (unpaired) electrons. The van der Waals surface area contributed by atoms with E-state index in [0.29, 0.717) is 5.88 Å². The van der Waals surface area contributed by atoms with Crippen LogP contribution in [0, 0.1) is 11.8 Å². The third-order valence-corrected chi connectivity index (χ3v) is 2.42. The molecule has 0 aliphatic heterocycles. The standard InChI is InChI=1S/C10H8BrClO/c11-10-4-3-8(2-1-5-12)6-9(10)7-13/h3-4,6,13H,5,7H2. The van der Waals surface area contributed by atoms with E-state index in [2.05, 4.69) is 27.8 Å². The van der Waals surface area contributed by atoms with Crippen LogP contribution in [0.5, 0.6) is 0 Å². The van der Waals surface area contributed by atoms with Gasteiger partial charge in [0.1, 0.15) is 0 Å². The molecular formula is C10H8BrClO. The number of hydrogen-bond donors (Lipinski definition) is 1. The van der Waals surface area contributed by atoms with Gasteiger partial charge in [-0.2, -0.15) is 0 Å². The van der Waals surface area contributed by atoms with Crippen LogP contribution in [-0.4, -0.2) is 11.0 Å². The Labute approximate surface area is 90.9 Å². The first-order valence-corrected chi connectivity index (χ1v) is 5.05. The third-order valence-electron chi connectivity index (χ3n) is 1.52. The average molecular weight is 260 g/mol. The molecule has 0 heterocycles. The molecule has 0 aliphatic rings. The van der Waals surface area contributed by atoms with Gasteiger partial charge in [0, 0.05) is 10.0 Å². The van der Waals surface area contributed by atoms with Gasteiger partial charge in [0.15, 0.2) is 0 Å². The van der Waals surface area contributed by atoms with Crippen molar-refractivity contribution in [1.29, 1.82) is 0 Å². The van der Waals surface area contributed by atoms with Crippen LogP contribution in [0.4, 0.5) is 0 Å². The molecule has 1 aromatic carbocycles. The molecule has 0 unspecified atom stereocenters. The lowest BCUT2D eigenvalue weighted by molar-refractivity contribution is 0.281. The van der Waals surface area contributed by atoms with E-state index in [1.54, 1.807) is 0 Å². The summed E-state index contributed by atoms with van der Waals surface area (Å²) in [6.07, 6.45) is 0. The lowest BCUT2D eigenvalue weighted by atomic mass is 10.1. The van der Waals surface area contributed by atoms with Crippen molar-refractivity contribution < 1.29 is 5.11 Å². The van der Waals surface area contributed by atoms with E-state index in [-0.39, 0.29) is 6.61 Å². The Kier molecular flexibility index (Phi) is 4.31. The first-order chi connectivity index (χ1) is 6.27. The number of alkyl halides is 1. The van der Waals surface area contributed by atoms with Gasteiger partial charge in [-0.25, -0.2) is 0 Å². The highest BCUT2D eigenvalue weighted by Gasteiger charge is 1.97. The van der Waals surface area contributed by atoms with E-state index in [4.69, 9.17) is 16.7 Å². The van der Waals surface area contributed by atoms with Crippen LogP contribution < -0.4 is 0 Å². The summed E-state index contributed by atoms with van der Waals surface area (Å²) >= 11 is 8.75. The Morgan fingerprint density at radius 2 is 2.23 bits per heavy atom. The van der Waals surface area contributed by atoms with Crippen molar-refractivity contribution in [2.75, 3.05) is 5.88 Å². The molecule has 0 saturated carbocycles. The molecular weight excluding hydrogens is 251 g/mol. The van der Waals surface area contributed by atoms with Crippen molar-refractivity contribution in [2.45, 2.75) is 6.61 Å². The van der Waals surface area contributed by atoms with Gasteiger partial charge in [-0.1, -0.05) is 27.8 Å². The highest BCUT2D eigenvalue weighted by Crippen LogP contribution is 2.17. The fraction of sp³-hybridized carbons (Fsp3) is 0.200. The second-order valence-corrected chi connectivity index (χ2v) is 3.52. The predicted molar refractivity (Wildman–Crippen MR) is 57.7 cm³/mol. The smallest absolute Gasteiger partial charge is 0.0839 e. The van der Waals surface area contributed by atoms with Crippen molar-refractivity contribution in [3.8, 4) is 11.8 Å². The van der Waals surface area contributed by atoms with E-state index in [0.717, 1.165) is 15.6 Å². The lowest BCUT2D eigenvalue weighted by Crippen LogP contribution is -1.86. The molecule has 0 aromatic heterocycles. The predicted octanol–water partition coefficient (Wildman–Crippen LogP) is 2.53. The number of hydrogen-bond acceptors (Lipinski definition) is 1. The molecule has 0 fully saturated rings. The molecule has 0 bridgehead atoms. The summed E-state index contributed by atoms with van der Waals surface area (Å²) in [7, 11) is 0. The Hall–Kier alpha value is -0.490. The lowest BCUT2D eigenvalue weighted by Gasteiger charge is -2.00. The van der Waals surface area contributed by atoms with E-state index in [9.17, 15) is 0 Å². The summed E-state index contributed by atoms with van der Waals surface area (Å²) in [5.74, 6) is 5.96. The number of rotatable bonds is 1. The summed E-state index contributed by atoms with van der Waals surface area (Å²) in [5, 5.41) is 8.96. The number of aliphatic hydroxyl groups excluding tert-OH is 1. The molecule has 3 heteroatoms. The summed E-state index contributed by atoms with van der Waals surface area (Å²) in [6, 6.07) is 5.58. The second-order valence-electron chi connectivity index (χ2n) is 2.40. The van der Waals surface area contributed by atoms with Gasteiger partial charge < -0.3 is 5.11 Å². The van der Waals surface area contributed by atoms with Gasteiger partial charge in [0.05, 0.1) is 12.5 Å².